The van der Waals surface area contributed by atoms with Gasteiger partial charge in [-0.05, 0) is 39.2 Å². The summed E-state index contributed by atoms with van der Waals surface area (Å²) in [6.45, 7) is 4.17. The first-order chi connectivity index (χ1) is 11.9. The van der Waals surface area contributed by atoms with Gasteiger partial charge in [-0.2, -0.15) is 5.10 Å². The van der Waals surface area contributed by atoms with Gasteiger partial charge in [0.2, 0.25) is 0 Å². The number of pyridine rings is 1. The molecule has 4 rings (SSSR count). The maximum absolute atomic E-state index is 13.3. The van der Waals surface area contributed by atoms with Crippen molar-refractivity contribution < 1.29 is 14.7 Å². The molecule has 2 aromatic heterocycles. The maximum atomic E-state index is 13.3. The number of fused-ring (bicyclic) bond motifs is 1. The van der Waals surface area contributed by atoms with Gasteiger partial charge in [0.15, 0.2) is 5.65 Å². The first-order valence-corrected chi connectivity index (χ1v) is 8.76. The van der Waals surface area contributed by atoms with Crippen LogP contribution in [0.3, 0.4) is 0 Å². The lowest BCUT2D eigenvalue weighted by molar-refractivity contribution is -0.142. The molecule has 25 heavy (non-hydrogen) atoms. The number of carbonyl (C=O) groups is 2. The molecule has 1 aliphatic heterocycles. The van der Waals surface area contributed by atoms with Crippen LogP contribution in [0.2, 0.25) is 0 Å². The number of aromatic nitrogens is 3. The standard InChI is InChI=1S/C18H22N4O3/c1-9-15-13(17(23)22-7-6-12(10(22)2)18(24)25)8-14(11-4-5-11)19-16(15)21(3)20-9/h8,10-12H,4-7H2,1-3H3,(H,24,25). The summed E-state index contributed by atoms with van der Waals surface area (Å²) in [5.41, 5.74) is 3.06. The highest BCUT2D eigenvalue weighted by atomic mass is 16.4. The minimum absolute atomic E-state index is 0.110. The fourth-order valence-electron chi connectivity index (χ4n) is 3.93. The van der Waals surface area contributed by atoms with E-state index in [0.717, 1.165) is 35.3 Å². The van der Waals surface area contributed by atoms with Crippen molar-refractivity contribution in [1.82, 2.24) is 19.7 Å². The van der Waals surface area contributed by atoms with E-state index >= 15 is 0 Å². The SMILES string of the molecule is Cc1nn(C)c2nc(C3CC3)cc(C(=O)N3CCC(C(=O)O)C3C)c12. The van der Waals surface area contributed by atoms with Gasteiger partial charge < -0.3 is 10.0 Å². The minimum atomic E-state index is -0.834. The fourth-order valence-corrected chi connectivity index (χ4v) is 3.93. The van der Waals surface area contributed by atoms with Crippen LogP contribution in [0, 0.1) is 12.8 Å². The Kier molecular flexibility index (Phi) is 3.56. The summed E-state index contributed by atoms with van der Waals surface area (Å²) in [4.78, 5) is 31.1. The number of hydrogen-bond acceptors (Lipinski definition) is 4. The van der Waals surface area contributed by atoms with E-state index < -0.39 is 11.9 Å². The number of likely N-dealkylation sites (tertiary alicyclic amines) is 1. The summed E-state index contributed by atoms with van der Waals surface area (Å²) in [5, 5.41) is 14.5. The number of aryl methyl sites for hydroxylation is 2. The number of aliphatic carboxylic acids is 1. The molecule has 2 aromatic rings. The number of carboxylic acids is 1. The third-order valence-corrected chi connectivity index (χ3v) is 5.55. The normalized spacial score (nSPS) is 23.4. The Morgan fingerprint density at radius 1 is 1.28 bits per heavy atom. The van der Waals surface area contributed by atoms with Crippen LogP contribution in [0.25, 0.3) is 11.0 Å². The Balaban J connectivity index is 1.80. The monoisotopic (exact) mass is 342 g/mol. The van der Waals surface area contributed by atoms with Gasteiger partial charge in [0, 0.05) is 31.2 Å². The first kappa shape index (κ1) is 16.1. The number of carbonyl (C=O) groups excluding carboxylic acids is 1. The molecule has 2 fully saturated rings. The van der Waals surface area contributed by atoms with Crippen molar-refractivity contribution >= 4 is 22.9 Å². The summed E-state index contributed by atoms with van der Waals surface area (Å²) in [6.07, 6.45) is 2.70. The average molecular weight is 342 g/mol. The van der Waals surface area contributed by atoms with E-state index in [1.807, 2.05) is 27.0 Å². The van der Waals surface area contributed by atoms with Crippen molar-refractivity contribution in [1.29, 1.82) is 0 Å². The number of amides is 1. The maximum Gasteiger partial charge on any atom is 0.308 e. The van der Waals surface area contributed by atoms with E-state index in [2.05, 4.69) is 5.10 Å². The fraction of sp³-hybridized carbons (Fsp3) is 0.556. The predicted octanol–water partition coefficient (Wildman–Crippen LogP) is 2.09. The summed E-state index contributed by atoms with van der Waals surface area (Å²) in [7, 11) is 1.84. The van der Waals surface area contributed by atoms with Crippen LogP contribution in [0.4, 0.5) is 0 Å². The molecule has 2 unspecified atom stereocenters. The number of hydrogen-bond donors (Lipinski definition) is 1. The molecule has 7 nitrogen and oxygen atoms in total. The zero-order chi connectivity index (χ0) is 17.9. The van der Waals surface area contributed by atoms with Gasteiger partial charge in [0.25, 0.3) is 5.91 Å². The Bertz CT molecular complexity index is 884. The Labute approximate surface area is 145 Å². The van der Waals surface area contributed by atoms with Crippen molar-refractivity contribution in [3.8, 4) is 0 Å². The Morgan fingerprint density at radius 2 is 2.00 bits per heavy atom. The third-order valence-electron chi connectivity index (χ3n) is 5.55. The minimum Gasteiger partial charge on any atom is -0.481 e. The van der Waals surface area contributed by atoms with Gasteiger partial charge in [0.05, 0.1) is 22.6 Å². The van der Waals surface area contributed by atoms with Crippen LogP contribution in [0.15, 0.2) is 6.07 Å². The molecule has 1 saturated carbocycles. The molecule has 2 atom stereocenters. The highest BCUT2D eigenvalue weighted by Crippen LogP contribution is 2.41. The summed E-state index contributed by atoms with van der Waals surface area (Å²) < 4.78 is 1.72. The van der Waals surface area contributed by atoms with E-state index in [4.69, 9.17) is 4.98 Å². The molecule has 3 heterocycles. The molecule has 1 N–H and O–H groups in total. The number of rotatable bonds is 3. The van der Waals surface area contributed by atoms with Crippen molar-refractivity contribution in [3.63, 3.8) is 0 Å². The van der Waals surface area contributed by atoms with Gasteiger partial charge in [0.1, 0.15) is 0 Å². The van der Waals surface area contributed by atoms with Crippen molar-refractivity contribution in [2.75, 3.05) is 6.54 Å². The van der Waals surface area contributed by atoms with E-state index in [-0.39, 0.29) is 11.9 Å². The van der Waals surface area contributed by atoms with E-state index in [1.54, 1.807) is 9.58 Å². The molecule has 1 amide bonds. The molecule has 132 valence electrons. The van der Waals surface area contributed by atoms with E-state index in [9.17, 15) is 14.7 Å². The van der Waals surface area contributed by atoms with Crippen molar-refractivity contribution in [2.24, 2.45) is 13.0 Å². The molecule has 2 aliphatic rings. The molecule has 0 aromatic carbocycles. The molecule has 0 radical (unpaired) electrons. The van der Waals surface area contributed by atoms with Gasteiger partial charge in [-0.3, -0.25) is 14.3 Å². The number of nitrogens with zero attached hydrogens (tertiary/aromatic N) is 4. The van der Waals surface area contributed by atoms with Gasteiger partial charge in [-0.15, -0.1) is 0 Å². The highest BCUT2D eigenvalue weighted by Gasteiger charge is 2.39. The number of carboxylic acid groups (broad SMARTS) is 1. The van der Waals surface area contributed by atoms with Crippen LogP contribution in [0.5, 0.6) is 0 Å². The van der Waals surface area contributed by atoms with Crippen molar-refractivity contribution in [2.45, 2.75) is 45.1 Å². The lowest BCUT2D eigenvalue weighted by atomic mass is 10.0. The third kappa shape index (κ3) is 2.49. The molecule has 0 spiro atoms. The van der Waals surface area contributed by atoms with Gasteiger partial charge >= 0.3 is 5.97 Å². The Morgan fingerprint density at radius 3 is 2.60 bits per heavy atom. The smallest absolute Gasteiger partial charge is 0.308 e. The highest BCUT2D eigenvalue weighted by molar-refractivity contribution is 6.07. The summed E-state index contributed by atoms with van der Waals surface area (Å²) in [6, 6.07) is 1.59. The van der Waals surface area contributed by atoms with Crippen LogP contribution in [-0.2, 0) is 11.8 Å². The van der Waals surface area contributed by atoms with E-state index in [1.165, 1.54) is 0 Å². The lowest BCUT2D eigenvalue weighted by Crippen LogP contribution is -2.37. The second-order valence-electron chi connectivity index (χ2n) is 7.25. The molecule has 1 aliphatic carbocycles. The molecular weight excluding hydrogens is 320 g/mol. The molecule has 0 bridgehead atoms. The first-order valence-electron chi connectivity index (χ1n) is 8.76. The lowest BCUT2D eigenvalue weighted by Gasteiger charge is -2.24. The summed E-state index contributed by atoms with van der Waals surface area (Å²) in [5.74, 6) is -1.02. The topological polar surface area (TPSA) is 88.3 Å². The second-order valence-corrected chi connectivity index (χ2v) is 7.25. The predicted molar refractivity (Wildman–Crippen MR) is 91.5 cm³/mol. The van der Waals surface area contributed by atoms with E-state index in [0.29, 0.717) is 24.4 Å². The molecule has 7 heteroatoms. The Hall–Kier alpha value is -2.44. The zero-order valence-corrected chi connectivity index (χ0v) is 14.7. The second kappa shape index (κ2) is 5.54. The zero-order valence-electron chi connectivity index (χ0n) is 14.7. The van der Waals surface area contributed by atoms with Crippen LogP contribution in [0.1, 0.15) is 53.8 Å². The average Bonchev–Trinajstić information content (AvgIpc) is 3.28. The van der Waals surface area contributed by atoms with Crippen LogP contribution in [-0.4, -0.2) is 49.2 Å². The van der Waals surface area contributed by atoms with Gasteiger partial charge in [-0.25, -0.2) is 4.98 Å². The van der Waals surface area contributed by atoms with Crippen molar-refractivity contribution in [3.05, 3.63) is 23.0 Å². The molecular formula is C18H22N4O3. The van der Waals surface area contributed by atoms with Gasteiger partial charge in [-0.1, -0.05) is 0 Å². The molecule has 1 saturated heterocycles. The van der Waals surface area contributed by atoms with Crippen LogP contribution < -0.4 is 0 Å². The quantitative estimate of drug-likeness (QED) is 0.923. The van der Waals surface area contributed by atoms with Crippen LogP contribution >= 0.6 is 0 Å². The summed E-state index contributed by atoms with van der Waals surface area (Å²) >= 11 is 0. The largest absolute Gasteiger partial charge is 0.481 e.